The summed E-state index contributed by atoms with van der Waals surface area (Å²) in [6.45, 7) is 3.21. The summed E-state index contributed by atoms with van der Waals surface area (Å²) in [7, 11) is 4.10. The standard InChI is InChI=1S/C11H18N2/c1-10(12-2)9-13(3)11-7-5-4-6-8-11/h4-8,10,12H,9H2,1-3H3. The Balaban J connectivity index is 2.53. The average molecular weight is 178 g/mol. The first-order valence-corrected chi connectivity index (χ1v) is 4.67. The van der Waals surface area contributed by atoms with E-state index in [0.717, 1.165) is 6.54 Å². The van der Waals surface area contributed by atoms with Crippen molar-refractivity contribution in [2.24, 2.45) is 0 Å². The summed E-state index contributed by atoms with van der Waals surface area (Å²) in [6.07, 6.45) is 0. The van der Waals surface area contributed by atoms with Crippen molar-refractivity contribution in [1.29, 1.82) is 0 Å². The van der Waals surface area contributed by atoms with Crippen LogP contribution in [0.25, 0.3) is 0 Å². The van der Waals surface area contributed by atoms with E-state index in [0.29, 0.717) is 6.04 Å². The first-order valence-electron chi connectivity index (χ1n) is 4.67. The van der Waals surface area contributed by atoms with E-state index in [4.69, 9.17) is 0 Å². The van der Waals surface area contributed by atoms with Gasteiger partial charge in [-0.05, 0) is 26.1 Å². The number of nitrogens with zero attached hydrogens (tertiary/aromatic N) is 1. The van der Waals surface area contributed by atoms with Crippen LogP contribution in [0.1, 0.15) is 6.92 Å². The van der Waals surface area contributed by atoms with E-state index in [2.05, 4.69) is 48.5 Å². The molecule has 1 N–H and O–H groups in total. The second-order valence-electron chi connectivity index (χ2n) is 3.41. The molecule has 0 fully saturated rings. The Morgan fingerprint density at radius 3 is 2.46 bits per heavy atom. The molecule has 0 aliphatic rings. The lowest BCUT2D eigenvalue weighted by Gasteiger charge is -2.22. The molecule has 0 heterocycles. The van der Waals surface area contributed by atoms with Crippen molar-refractivity contribution in [1.82, 2.24) is 5.32 Å². The number of rotatable bonds is 4. The van der Waals surface area contributed by atoms with E-state index in [-0.39, 0.29) is 0 Å². The van der Waals surface area contributed by atoms with Crippen LogP contribution in [0.5, 0.6) is 0 Å². The molecule has 0 aromatic heterocycles. The highest BCUT2D eigenvalue weighted by Gasteiger charge is 2.03. The third-order valence-corrected chi connectivity index (χ3v) is 2.24. The third kappa shape index (κ3) is 3.07. The van der Waals surface area contributed by atoms with Crippen LogP contribution in [-0.4, -0.2) is 26.7 Å². The molecule has 1 unspecified atom stereocenters. The first-order chi connectivity index (χ1) is 6.24. The van der Waals surface area contributed by atoms with E-state index in [9.17, 15) is 0 Å². The minimum absolute atomic E-state index is 0.519. The molecule has 0 bridgehead atoms. The van der Waals surface area contributed by atoms with Gasteiger partial charge in [-0.15, -0.1) is 0 Å². The Morgan fingerprint density at radius 2 is 1.92 bits per heavy atom. The fraction of sp³-hybridized carbons (Fsp3) is 0.455. The van der Waals surface area contributed by atoms with Gasteiger partial charge in [-0.1, -0.05) is 18.2 Å². The van der Waals surface area contributed by atoms with Crippen molar-refractivity contribution in [3.8, 4) is 0 Å². The van der Waals surface area contributed by atoms with E-state index in [1.165, 1.54) is 5.69 Å². The molecule has 1 rings (SSSR count). The molecule has 0 aliphatic heterocycles. The number of hydrogen-bond acceptors (Lipinski definition) is 2. The lowest BCUT2D eigenvalue weighted by atomic mass is 10.2. The van der Waals surface area contributed by atoms with Crippen LogP contribution < -0.4 is 10.2 Å². The second kappa shape index (κ2) is 4.87. The summed E-state index contributed by atoms with van der Waals surface area (Å²) in [5.74, 6) is 0. The molecule has 13 heavy (non-hydrogen) atoms. The average Bonchev–Trinajstić information content (AvgIpc) is 2.19. The number of benzene rings is 1. The molecule has 0 spiro atoms. The van der Waals surface area contributed by atoms with Gasteiger partial charge in [0.25, 0.3) is 0 Å². The maximum atomic E-state index is 3.22. The normalized spacial score (nSPS) is 12.5. The van der Waals surface area contributed by atoms with Gasteiger partial charge in [0.2, 0.25) is 0 Å². The Morgan fingerprint density at radius 1 is 1.31 bits per heavy atom. The van der Waals surface area contributed by atoms with Crippen molar-refractivity contribution >= 4 is 5.69 Å². The van der Waals surface area contributed by atoms with Crippen molar-refractivity contribution in [2.45, 2.75) is 13.0 Å². The number of nitrogens with one attached hydrogen (secondary N) is 1. The number of anilines is 1. The van der Waals surface area contributed by atoms with E-state index >= 15 is 0 Å². The zero-order valence-corrected chi connectivity index (χ0v) is 8.62. The molecule has 2 heteroatoms. The lowest BCUT2D eigenvalue weighted by molar-refractivity contribution is 0.605. The zero-order valence-electron chi connectivity index (χ0n) is 8.62. The molecule has 2 nitrogen and oxygen atoms in total. The molecule has 1 aromatic rings. The van der Waals surface area contributed by atoms with Gasteiger partial charge in [0, 0.05) is 25.3 Å². The maximum absolute atomic E-state index is 3.22. The van der Waals surface area contributed by atoms with Gasteiger partial charge in [-0.25, -0.2) is 0 Å². The second-order valence-corrected chi connectivity index (χ2v) is 3.41. The molecule has 0 saturated heterocycles. The minimum Gasteiger partial charge on any atom is -0.373 e. The van der Waals surface area contributed by atoms with Gasteiger partial charge in [-0.2, -0.15) is 0 Å². The minimum atomic E-state index is 0.519. The van der Waals surface area contributed by atoms with Crippen LogP contribution in [0.3, 0.4) is 0 Å². The van der Waals surface area contributed by atoms with Crippen LogP contribution in [0.15, 0.2) is 30.3 Å². The monoisotopic (exact) mass is 178 g/mol. The predicted octanol–water partition coefficient (Wildman–Crippen LogP) is 1.73. The summed E-state index contributed by atoms with van der Waals surface area (Å²) >= 11 is 0. The van der Waals surface area contributed by atoms with Crippen LogP contribution in [0.2, 0.25) is 0 Å². The molecule has 0 saturated carbocycles. The highest BCUT2D eigenvalue weighted by Crippen LogP contribution is 2.10. The van der Waals surface area contributed by atoms with Crippen LogP contribution in [-0.2, 0) is 0 Å². The molecule has 1 atom stereocenters. The largest absolute Gasteiger partial charge is 0.373 e. The highest BCUT2D eigenvalue weighted by atomic mass is 15.1. The fourth-order valence-electron chi connectivity index (χ4n) is 1.29. The van der Waals surface area contributed by atoms with Gasteiger partial charge in [-0.3, -0.25) is 0 Å². The molecular weight excluding hydrogens is 160 g/mol. The zero-order chi connectivity index (χ0) is 9.68. The highest BCUT2D eigenvalue weighted by molar-refractivity contribution is 5.45. The molecular formula is C11H18N2. The van der Waals surface area contributed by atoms with Crippen molar-refractivity contribution in [3.05, 3.63) is 30.3 Å². The lowest BCUT2D eigenvalue weighted by Crippen LogP contribution is -2.35. The van der Waals surface area contributed by atoms with Crippen LogP contribution >= 0.6 is 0 Å². The summed E-state index contributed by atoms with van der Waals surface area (Å²) < 4.78 is 0. The topological polar surface area (TPSA) is 15.3 Å². The SMILES string of the molecule is CNC(C)CN(C)c1ccccc1. The van der Waals surface area contributed by atoms with E-state index < -0.39 is 0 Å². The Kier molecular flexibility index (Phi) is 3.77. The van der Waals surface area contributed by atoms with Gasteiger partial charge in [0.05, 0.1) is 0 Å². The van der Waals surface area contributed by atoms with Gasteiger partial charge >= 0.3 is 0 Å². The van der Waals surface area contributed by atoms with Crippen molar-refractivity contribution < 1.29 is 0 Å². The van der Waals surface area contributed by atoms with Crippen LogP contribution in [0, 0.1) is 0 Å². The summed E-state index contributed by atoms with van der Waals surface area (Å²) in [4.78, 5) is 2.25. The summed E-state index contributed by atoms with van der Waals surface area (Å²) in [5.41, 5.74) is 1.27. The maximum Gasteiger partial charge on any atom is 0.0364 e. The van der Waals surface area contributed by atoms with E-state index in [1.54, 1.807) is 0 Å². The predicted molar refractivity (Wildman–Crippen MR) is 58.2 cm³/mol. The third-order valence-electron chi connectivity index (χ3n) is 2.24. The molecule has 72 valence electrons. The molecule has 0 amide bonds. The van der Waals surface area contributed by atoms with Crippen molar-refractivity contribution in [3.63, 3.8) is 0 Å². The summed E-state index contributed by atoms with van der Waals surface area (Å²) in [6, 6.07) is 10.9. The molecule has 1 aromatic carbocycles. The summed E-state index contributed by atoms with van der Waals surface area (Å²) in [5, 5.41) is 3.22. The number of para-hydroxylation sites is 1. The Hall–Kier alpha value is -1.02. The molecule has 0 radical (unpaired) electrons. The fourth-order valence-corrected chi connectivity index (χ4v) is 1.29. The molecule has 0 aliphatic carbocycles. The number of likely N-dealkylation sites (N-methyl/N-ethyl adjacent to an activating group) is 2. The van der Waals surface area contributed by atoms with E-state index in [1.807, 2.05) is 13.1 Å². The first kappa shape index (κ1) is 10.1. The van der Waals surface area contributed by atoms with Crippen LogP contribution in [0.4, 0.5) is 5.69 Å². The smallest absolute Gasteiger partial charge is 0.0364 e. The Labute approximate surface area is 80.6 Å². The van der Waals surface area contributed by atoms with Gasteiger partial charge < -0.3 is 10.2 Å². The van der Waals surface area contributed by atoms with Gasteiger partial charge in [0.1, 0.15) is 0 Å². The van der Waals surface area contributed by atoms with Crippen molar-refractivity contribution in [2.75, 3.05) is 25.5 Å². The van der Waals surface area contributed by atoms with Gasteiger partial charge in [0.15, 0.2) is 0 Å². The quantitative estimate of drug-likeness (QED) is 0.755. The Bertz CT molecular complexity index is 233. The number of hydrogen-bond donors (Lipinski definition) is 1.